The van der Waals surface area contributed by atoms with Crippen molar-refractivity contribution in [3.05, 3.63) is 64.7 Å². The summed E-state index contributed by atoms with van der Waals surface area (Å²) >= 11 is 12.0. The molecule has 3 aromatic rings. The number of nitrogens with zero attached hydrogens (tertiary/aromatic N) is 3. The first-order valence-electron chi connectivity index (χ1n) is 7.47. The smallest absolute Gasteiger partial charge is 0.243 e. The van der Waals surface area contributed by atoms with Crippen LogP contribution >= 0.6 is 23.2 Å². The number of amides is 1. The third kappa shape index (κ3) is 4.29. The summed E-state index contributed by atoms with van der Waals surface area (Å²) in [5.74, 6) is -0.219. The van der Waals surface area contributed by atoms with Crippen LogP contribution in [0.25, 0.3) is 5.69 Å². The van der Waals surface area contributed by atoms with E-state index in [4.69, 9.17) is 23.2 Å². The molecule has 0 atom stereocenters. The van der Waals surface area contributed by atoms with E-state index in [1.807, 2.05) is 13.0 Å². The van der Waals surface area contributed by atoms with E-state index in [1.54, 1.807) is 41.3 Å². The lowest BCUT2D eigenvalue weighted by molar-refractivity contribution is -0.114. The van der Waals surface area contributed by atoms with E-state index in [1.165, 1.54) is 6.33 Å². The van der Waals surface area contributed by atoms with Gasteiger partial charge in [-0.3, -0.25) is 4.79 Å². The van der Waals surface area contributed by atoms with Gasteiger partial charge in [0.25, 0.3) is 0 Å². The summed E-state index contributed by atoms with van der Waals surface area (Å²) in [4.78, 5) is 16.2. The first-order valence-corrected chi connectivity index (χ1v) is 8.23. The highest BCUT2D eigenvalue weighted by molar-refractivity contribution is 6.31. The molecule has 0 radical (unpaired) electrons. The molecule has 0 aliphatic heterocycles. The predicted molar refractivity (Wildman–Crippen MR) is 99.7 cm³/mol. The van der Waals surface area contributed by atoms with Crippen molar-refractivity contribution in [2.75, 3.05) is 17.2 Å². The van der Waals surface area contributed by atoms with Gasteiger partial charge in [-0.25, -0.2) is 9.67 Å². The quantitative estimate of drug-likeness (QED) is 0.708. The van der Waals surface area contributed by atoms with Crippen LogP contribution in [0.2, 0.25) is 10.0 Å². The van der Waals surface area contributed by atoms with Gasteiger partial charge in [0.05, 0.1) is 17.9 Å². The number of rotatable bonds is 5. The minimum absolute atomic E-state index is 0.0878. The van der Waals surface area contributed by atoms with E-state index in [9.17, 15) is 4.79 Å². The first kappa shape index (κ1) is 17.3. The largest absolute Gasteiger partial charge is 0.376 e. The Kier molecular flexibility index (Phi) is 5.21. The van der Waals surface area contributed by atoms with Crippen LogP contribution < -0.4 is 10.6 Å². The van der Waals surface area contributed by atoms with E-state index < -0.39 is 0 Å². The molecule has 25 heavy (non-hydrogen) atoms. The summed E-state index contributed by atoms with van der Waals surface area (Å²) in [6.07, 6.45) is 2.97. The summed E-state index contributed by atoms with van der Waals surface area (Å²) in [7, 11) is 0. The third-order valence-electron chi connectivity index (χ3n) is 3.54. The van der Waals surface area contributed by atoms with Gasteiger partial charge in [-0.1, -0.05) is 29.3 Å². The summed E-state index contributed by atoms with van der Waals surface area (Å²) in [5.41, 5.74) is 3.04. The lowest BCUT2D eigenvalue weighted by Gasteiger charge is -2.13. The fourth-order valence-electron chi connectivity index (χ4n) is 2.30. The van der Waals surface area contributed by atoms with Crippen LogP contribution in [0.4, 0.5) is 11.4 Å². The van der Waals surface area contributed by atoms with Crippen LogP contribution in [-0.2, 0) is 4.79 Å². The predicted octanol–water partition coefficient (Wildman–Crippen LogP) is 3.93. The molecule has 8 heteroatoms. The Morgan fingerprint density at radius 1 is 1.12 bits per heavy atom. The average molecular weight is 376 g/mol. The van der Waals surface area contributed by atoms with Crippen LogP contribution in [0.15, 0.2) is 49.1 Å². The molecule has 0 spiro atoms. The number of aryl methyl sites for hydroxylation is 1. The minimum atomic E-state index is -0.219. The van der Waals surface area contributed by atoms with E-state index in [0.29, 0.717) is 21.4 Å². The Morgan fingerprint density at radius 2 is 1.84 bits per heavy atom. The van der Waals surface area contributed by atoms with Gasteiger partial charge >= 0.3 is 0 Å². The number of aromatic nitrogens is 3. The van der Waals surface area contributed by atoms with Crippen molar-refractivity contribution in [1.82, 2.24) is 14.8 Å². The fourth-order valence-corrected chi connectivity index (χ4v) is 2.64. The Bertz CT molecular complexity index is 896. The molecule has 3 rings (SSSR count). The van der Waals surface area contributed by atoms with E-state index in [2.05, 4.69) is 20.7 Å². The zero-order chi connectivity index (χ0) is 17.8. The van der Waals surface area contributed by atoms with Crippen LogP contribution in [0, 0.1) is 6.92 Å². The number of halogens is 2. The highest BCUT2D eigenvalue weighted by Gasteiger charge is 2.10. The van der Waals surface area contributed by atoms with Crippen molar-refractivity contribution in [2.45, 2.75) is 6.92 Å². The fraction of sp³-hybridized carbons (Fsp3) is 0.118. The molecule has 6 nitrogen and oxygen atoms in total. The number of benzene rings is 2. The van der Waals surface area contributed by atoms with Gasteiger partial charge in [-0.2, -0.15) is 5.10 Å². The van der Waals surface area contributed by atoms with Crippen LogP contribution in [0.5, 0.6) is 0 Å². The topological polar surface area (TPSA) is 71.8 Å². The number of hydrogen-bond donors (Lipinski definition) is 2. The normalized spacial score (nSPS) is 10.5. The molecule has 1 amide bonds. The molecule has 0 unspecified atom stereocenters. The molecular formula is C17H15Cl2N5O. The highest BCUT2D eigenvalue weighted by atomic mass is 35.5. The maximum absolute atomic E-state index is 12.3. The van der Waals surface area contributed by atoms with Crippen molar-refractivity contribution in [3.8, 4) is 5.69 Å². The maximum Gasteiger partial charge on any atom is 0.243 e. The number of anilines is 2. The molecule has 0 aliphatic carbocycles. The van der Waals surface area contributed by atoms with Gasteiger partial charge in [0.15, 0.2) is 0 Å². The Hall–Kier alpha value is -2.57. The van der Waals surface area contributed by atoms with E-state index >= 15 is 0 Å². The number of hydrogen-bond acceptors (Lipinski definition) is 4. The van der Waals surface area contributed by atoms with Crippen molar-refractivity contribution in [2.24, 2.45) is 0 Å². The van der Waals surface area contributed by atoms with Gasteiger partial charge in [0.1, 0.15) is 12.7 Å². The van der Waals surface area contributed by atoms with Gasteiger partial charge in [-0.05, 0) is 42.8 Å². The monoisotopic (exact) mass is 375 g/mol. The van der Waals surface area contributed by atoms with Gasteiger partial charge in [0.2, 0.25) is 5.91 Å². The lowest BCUT2D eigenvalue weighted by Crippen LogP contribution is -2.23. The second-order valence-corrected chi connectivity index (χ2v) is 6.24. The number of nitrogens with one attached hydrogen (secondary N) is 2. The van der Waals surface area contributed by atoms with Crippen molar-refractivity contribution < 1.29 is 4.79 Å². The zero-order valence-electron chi connectivity index (χ0n) is 13.3. The van der Waals surface area contributed by atoms with Crippen molar-refractivity contribution in [1.29, 1.82) is 0 Å². The summed E-state index contributed by atoms with van der Waals surface area (Å²) in [6, 6.07) is 10.6. The Morgan fingerprint density at radius 3 is 2.56 bits per heavy atom. The SMILES string of the molecule is Cc1ccc(Cl)cc1NCC(=O)Nc1cc(Cl)ccc1-n1cncn1. The van der Waals surface area contributed by atoms with E-state index in [0.717, 1.165) is 11.3 Å². The zero-order valence-corrected chi connectivity index (χ0v) is 14.8. The van der Waals surface area contributed by atoms with Gasteiger partial charge < -0.3 is 10.6 Å². The lowest BCUT2D eigenvalue weighted by atomic mass is 10.2. The van der Waals surface area contributed by atoms with Crippen molar-refractivity contribution >= 4 is 40.5 Å². The van der Waals surface area contributed by atoms with Crippen LogP contribution in [0.3, 0.4) is 0 Å². The molecule has 0 saturated heterocycles. The molecular weight excluding hydrogens is 361 g/mol. The molecule has 1 aromatic heterocycles. The minimum Gasteiger partial charge on any atom is -0.376 e. The molecule has 0 fully saturated rings. The van der Waals surface area contributed by atoms with Crippen LogP contribution in [0.1, 0.15) is 5.56 Å². The second kappa shape index (κ2) is 7.55. The molecule has 0 saturated carbocycles. The first-order chi connectivity index (χ1) is 12.0. The van der Waals surface area contributed by atoms with Gasteiger partial charge in [0, 0.05) is 15.7 Å². The molecule has 0 bridgehead atoms. The summed E-state index contributed by atoms with van der Waals surface area (Å²) < 4.78 is 1.56. The number of carbonyl (C=O) groups excluding carboxylic acids is 1. The Balaban J connectivity index is 1.73. The van der Waals surface area contributed by atoms with Gasteiger partial charge in [-0.15, -0.1) is 0 Å². The van der Waals surface area contributed by atoms with Crippen molar-refractivity contribution in [3.63, 3.8) is 0 Å². The second-order valence-electron chi connectivity index (χ2n) is 5.36. The third-order valence-corrected chi connectivity index (χ3v) is 4.01. The van der Waals surface area contributed by atoms with E-state index in [-0.39, 0.29) is 12.5 Å². The molecule has 2 N–H and O–H groups in total. The molecule has 2 aromatic carbocycles. The highest BCUT2D eigenvalue weighted by Crippen LogP contribution is 2.24. The molecule has 1 heterocycles. The summed E-state index contributed by atoms with van der Waals surface area (Å²) in [6.45, 7) is 2.03. The molecule has 0 aliphatic rings. The van der Waals surface area contributed by atoms with Crippen LogP contribution in [-0.4, -0.2) is 27.2 Å². The standard InChI is InChI=1S/C17H15Cl2N5O/c1-11-2-3-12(18)6-14(11)21-8-17(25)23-15-7-13(19)4-5-16(15)24-10-20-9-22-24/h2-7,9-10,21H,8H2,1H3,(H,23,25). The summed E-state index contributed by atoms with van der Waals surface area (Å²) in [5, 5.41) is 11.1. The number of carbonyl (C=O) groups is 1. The average Bonchev–Trinajstić information content (AvgIpc) is 3.10. The molecule has 128 valence electrons. The maximum atomic E-state index is 12.3. The Labute approximate surface area is 154 Å².